The zero-order chi connectivity index (χ0) is 19.1. The van der Waals surface area contributed by atoms with E-state index in [0.29, 0.717) is 43.7 Å². The van der Waals surface area contributed by atoms with Crippen molar-refractivity contribution in [1.82, 2.24) is 10.2 Å². The van der Waals surface area contributed by atoms with E-state index in [1.807, 2.05) is 20.8 Å². The summed E-state index contributed by atoms with van der Waals surface area (Å²) in [6.45, 7) is 7.58. The Morgan fingerprint density at radius 1 is 1.12 bits per heavy atom. The lowest BCUT2D eigenvalue weighted by molar-refractivity contribution is -0.126. The summed E-state index contributed by atoms with van der Waals surface area (Å²) in [5, 5.41) is 5.74. The first-order valence-electron chi connectivity index (χ1n) is 9.40. The van der Waals surface area contributed by atoms with Gasteiger partial charge in [0.2, 0.25) is 11.8 Å². The first kappa shape index (κ1) is 19.9. The van der Waals surface area contributed by atoms with Crippen LogP contribution in [-0.4, -0.2) is 42.3 Å². The molecule has 142 valence electrons. The van der Waals surface area contributed by atoms with Gasteiger partial charge in [0.05, 0.1) is 0 Å². The van der Waals surface area contributed by atoms with E-state index in [9.17, 15) is 14.4 Å². The molecule has 1 fully saturated rings. The summed E-state index contributed by atoms with van der Waals surface area (Å²) in [6, 6.07) is 6.97. The van der Waals surface area contributed by atoms with Crippen LogP contribution in [-0.2, 0) is 9.59 Å². The van der Waals surface area contributed by atoms with Crippen molar-refractivity contribution in [2.24, 2.45) is 11.8 Å². The summed E-state index contributed by atoms with van der Waals surface area (Å²) in [7, 11) is 0. The highest BCUT2D eigenvalue weighted by molar-refractivity contribution is 5.96. The summed E-state index contributed by atoms with van der Waals surface area (Å²) in [6.07, 6.45) is 2.32. The van der Waals surface area contributed by atoms with Gasteiger partial charge in [-0.05, 0) is 43.5 Å². The van der Waals surface area contributed by atoms with E-state index in [1.165, 1.54) is 0 Å². The zero-order valence-electron chi connectivity index (χ0n) is 15.9. The minimum atomic E-state index is -0.0906. The average molecular weight is 359 g/mol. The molecule has 0 aliphatic carbocycles. The molecule has 3 amide bonds. The number of carbonyl (C=O) groups is 3. The fourth-order valence-electron chi connectivity index (χ4n) is 2.90. The van der Waals surface area contributed by atoms with E-state index in [2.05, 4.69) is 10.6 Å². The lowest BCUT2D eigenvalue weighted by Gasteiger charge is -2.31. The number of carbonyl (C=O) groups excluding carboxylic acids is 3. The molecule has 1 aromatic carbocycles. The molecule has 1 heterocycles. The summed E-state index contributed by atoms with van der Waals surface area (Å²) < 4.78 is 0. The predicted octanol–water partition coefficient (Wildman–Crippen LogP) is 2.66. The van der Waals surface area contributed by atoms with Gasteiger partial charge in [-0.25, -0.2) is 0 Å². The predicted molar refractivity (Wildman–Crippen MR) is 102 cm³/mol. The minimum Gasteiger partial charge on any atom is -0.356 e. The SMILES string of the molecule is CCCNC(=O)C1CCN(C(=O)c2ccc(NC(=O)C(C)C)cc2)CC1. The lowest BCUT2D eigenvalue weighted by Crippen LogP contribution is -2.43. The number of amides is 3. The standard InChI is InChI=1S/C20H29N3O3/c1-4-11-21-19(25)15-9-12-23(13-10-15)20(26)16-5-7-17(8-6-16)22-18(24)14(2)3/h5-8,14-15H,4,9-13H2,1-3H3,(H,21,25)(H,22,24). The molecule has 0 saturated carbocycles. The number of hydrogen-bond donors (Lipinski definition) is 2. The normalized spacial score (nSPS) is 15.0. The molecular weight excluding hydrogens is 330 g/mol. The van der Waals surface area contributed by atoms with Crippen LogP contribution in [0.5, 0.6) is 0 Å². The van der Waals surface area contributed by atoms with Gasteiger partial charge in [-0.15, -0.1) is 0 Å². The molecule has 2 N–H and O–H groups in total. The Kier molecular flexibility index (Phi) is 7.18. The number of likely N-dealkylation sites (tertiary alicyclic amines) is 1. The number of benzene rings is 1. The number of anilines is 1. The molecule has 0 radical (unpaired) electrons. The molecular formula is C20H29N3O3. The highest BCUT2D eigenvalue weighted by atomic mass is 16.2. The molecule has 1 aromatic rings. The third-order valence-corrected chi connectivity index (χ3v) is 4.63. The molecule has 0 aromatic heterocycles. The molecule has 1 aliphatic rings. The van der Waals surface area contributed by atoms with Gasteiger partial charge in [0.15, 0.2) is 0 Å². The Morgan fingerprint density at radius 2 is 1.73 bits per heavy atom. The topological polar surface area (TPSA) is 78.5 Å². The van der Waals surface area contributed by atoms with Crippen LogP contribution in [0.2, 0.25) is 0 Å². The maximum atomic E-state index is 12.6. The van der Waals surface area contributed by atoms with Gasteiger partial charge in [-0.2, -0.15) is 0 Å². The molecule has 26 heavy (non-hydrogen) atoms. The van der Waals surface area contributed by atoms with E-state index >= 15 is 0 Å². The molecule has 0 bridgehead atoms. The van der Waals surface area contributed by atoms with Crippen LogP contribution in [0.4, 0.5) is 5.69 Å². The summed E-state index contributed by atoms with van der Waals surface area (Å²) in [4.78, 5) is 38.2. The fourth-order valence-corrected chi connectivity index (χ4v) is 2.90. The average Bonchev–Trinajstić information content (AvgIpc) is 2.66. The van der Waals surface area contributed by atoms with Crippen LogP contribution in [0.1, 0.15) is 50.4 Å². The van der Waals surface area contributed by atoms with Crippen molar-refractivity contribution < 1.29 is 14.4 Å². The molecule has 6 heteroatoms. The van der Waals surface area contributed by atoms with Gasteiger partial charge in [-0.3, -0.25) is 14.4 Å². The van der Waals surface area contributed by atoms with Gasteiger partial charge < -0.3 is 15.5 Å². The second-order valence-corrected chi connectivity index (χ2v) is 7.08. The van der Waals surface area contributed by atoms with Crippen molar-refractivity contribution in [3.8, 4) is 0 Å². The van der Waals surface area contributed by atoms with Crippen molar-refractivity contribution >= 4 is 23.4 Å². The molecule has 1 aliphatic heterocycles. The largest absolute Gasteiger partial charge is 0.356 e. The van der Waals surface area contributed by atoms with Crippen LogP contribution in [0.15, 0.2) is 24.3 Å². The number of rotatable bonds is 6. The lowest BCUT2D eigenvalue weighted by atomic mass is 9.95. The van der Waals surface area contributed by atoms with Crippen LogP contribution >= 0.6 is 0 Å². The molecule has 0 spiro atoms. The highest BCUT2D eigenvalue weighted by Crippen LogP contribution is 2.20. The second-order valence-electron chi connectivity index (χ2n) is 7.08. The van der Waals surface area contributed by atoms with Crippen LogP contribution < -0.4 is 10.6 Å². The smallest absolute Gasteiger partial charge is 0.253 e. The molecule has 0 unspecified atom stereocenters. The number of hydrogen-bond acceptors (Lipinski definition) is 3. The Morgan fingerprint density at radius 3 is 2.27 bits per heavy atom. The van der Waals surface area contributed by atoms with Crippen molar-refractivity contribution in [1.29, 1.82) is 0 Å². The Bertz CT molecular complexity index is 632. The third-order valence-electron chi connectivity index (χ3n) is 4.63. The van der Waals surface area contributed by atoms with Gasteiger partial charge in [0, 0.05) is 42.7 Å². The van der Waals surface area contributed by atoms with E-state index in [1.54, 1.807) is 29.2 Å². The maximum absolute atomic E-state index is 12.6. The van der Waals surface area contributed by atoms with Gasteiger partial charge >= 0.3 is 0 Å². The van der Waals surface area contributed by atoms with Crippen molar-refractivity contribution in [2.75, 3.05) is 25.0 Å². The van der Waals surface area contributed by atoms with Crippen LogP contribution in [0, 0.1) is 11.8 Å². The Balaban J connectivity index is 1.88. The highest BCUT2D eigenvalue weighted by Gasteiger charge is 2.27. The van der Waals surface area contributed by atoms with Gasteiger partial charge in [0.1, 0.15) is 0 Å². The Hall–Kier alpha value is -2.37. The second kappa shape index (κ2) is 9.36. The van der Waals surface area contributed by atoms with Crippen molar-refractivity contribution in [2.45, 2.75) is 40.0 Å². The van der Waals surface area contributed by atoms with E-state index in [4.69, 9.17) is 0 Å². The van der Waals surface area contributed by atoms with Crippen molar-refractivity contribution in [3.05, 3.63) is 29.8 Å². The van der Waals surface area contributed by atoms with Gasteiger partial charge in [-0.1, -0.05) is 20.8 Å². The van der Waals surface area contributed by atoms with E-state index < -0.39 is 0 Å². The molecule has 0 atom stereocenters. The van der Waals surface area contributed by atoms with E-state index in [-0.39, 0.29) is 29.6 Å². The first-order valence-corrected chi connectivity index (χ1v) is 9.40. The summed E-state index contributed by atoms with van der Waals surface area (Å²) in [5.41, 5.74) is 1.29. The first-order chi connectivity index (χ1) is 12.4. The van der Waals surface area contributed by atoms with E-state index in [0.717, 1.165) is 6.42 Å². The van der Waals surface area contributed by atoms with Crippen LogP contribution in [0.3, 0.4) is 0 Å². The molecule has 2 rings (SSSR count). The minimum absolute atomic E-state index is 0.000720. The quantitative estimate of drug-likeness (QED) is 0.820. The van der Waals surface area contributed by atoms with Crippen LogP contribution in [0.25, 0.3) is 0 Å². The number of nitrogens with one attached hydrogen (secondary N) is 2. The molecule has 1 saturated heterocycles. The Labute approximate surface area is 155 Å². The maximum Gasteiger partial charge on any atom is 0.253 e. The monoisotopic (exact) mass is 359 g/mol. The third kappa shape index (κ3) is 5.31. The summed E-state index contributed by atoms with van der Waals surface area (Å²) in [5.74, 6) is -0.0674. The zero-order valence-corrected chi connectivity index (χ0v) is 15.9. The fraction of sp³-hybridized carbons (Fsp3) is 0.550. The number of piperidine rings is 1. The van der Waals surface area contributed by atoms with Gasteiger partial charge in [0.25, 0.3) is 5.91 Å². The summed E-state index contributed by atoms with van der Waals surface area (Å²) >= 11 is 0. The number of nitrogens with zero attached hydrogens (tertiary/aromatic N) is 1. The molecule has 6 nitrogen and oxygen atoms in total. The van der Waals surface area contributed by atoms with Crippen molar-refractivity contribution in [3.63, 3.8) is 0 Å².